The van der Waals surface area contributed by atoms with Crippen LogP contribution in [0.2, 0.25) is 0 Å². The van der Waals surface area contributed by atoms with Crippen molar-refractivity contribution in [1.29, 1.82) is 0 Å². The number of hydrogen-bond donors (Lipinski definition) is 1. The lowest BCUT2D eigenvalue weighted by atomic mass is 9.92. The maximum absolute atomic E-state index is 6.40. The van der Waals surface area contributed by atoms with Crippen LogP contribution in [0.3, 0.4) is 0 Å². The number of rotatable bonds is 3. The summed E-state index contributed by atoms with van der Waals surface area (Å²) in [6, 6.07) is 7.77. The van der Waals surface area contributed by atoms with E-state index in [-0.39, 0.29) is 6.04 Å². The molecule has 1 atom stereocenters. The molecule has 0 amide bonds. The van der Waals surface area contributed by atoms with Crippen LogP contribution in [0.15, 0.2) is 30.5 Å². The summed E-state index contributed by atoms with van der Waals surface area (Å²) in [7, 11) is 1.64. The van der Waals surface area contributed by atoms with E-state index in [1.807, 2.05) is 12.1 Å². The summed E-state index contributed by atoms with van der Waals surface area (Å²) < 4.78 is 5.35. The molecule has 0 aliphatic heterocycles. The average Bonchev–Trinajstić information content (AvgIpc) is 2.37. The number of pyridine rings is 1. The molecule has 0 fully saturated rings. The largest absolute Gasteiger partial charge is 0.495 e. The van der Waals surface area contributed by atoms with Crippen molar-refractivity contribution in [1.82, 2.24) is 4.98 Å². The van der Waals surface area contributed by atoms with Gasteiger partial charge >= 0.3 is 0 Å². The smallest absolute Gasteiger partial charge is 0.142 e. The van der Waals surface area contributed by atoms with Crippen LogP contribution < -0.4 is 10.5 Å². The Bertz CT molecular complexity index is 570. The molecule has 0 aliphatic rings. The first-order valence-corrected chi connectivity index (χ1v) is 6.36. The van der Waals surface area contributed by atoms with Gasteiger partial charge in [0.25, 0.3) is 0 Å². The number of aryl methyl sites for hydroxylation is 3. The third kappa shape index (κ3) is 2.61. The van der Waals surface area contributed by atoms with E-state index in [1.54, 1.807) is 13.3 Å². The molecule has 19 heavy (non-hydrogen) atoms. The van der Waals surface area contributed by atoms with Crippen LogP contribution in [0.25, 0.3) is 0 Å². The monoisotopic (exact) mass is 256 g/mol. The molecule has 3 heteroatoms. The Morgan fingerprint density at radius 1 is 1.16 bits per heavy atom. The van der Waals surface area contributed by atoms with Crippen molar-refractivity contribution in [2.24, 2.45) is 5.73 Å². The predicted molar refractivity (Wildman–Crippen MR) is 77.5 cm³/mol. The van der Waals surface area contributed by atoms with E-state index in [9.17, 15) is 0 Å². The van der Waals surface area contributed by atoms with E-state index >= 15 is 0 Å². The van der Waals surface area contributed by atoms with Crippen LogP contribution in [0, 0.1) is 20.8 Å². The van der Waals surface area contributed by atoms with Gasteiger partial charge in [-0.25, -0.2) is 0 Å². The fourth-order valence-corrected chi connectivity index (χ4v) is 2.63. The molecule has 0 aliphatic carbocycles. The molecule has 1 heterocycles. The Morgan fingerprint density at radius 3 is 2.37 bits per heavy atom. The molecule has 100 valence electrons. The number of nitrogens with zero attached hydrogens (tertiary/aromatic N) is 1. The second-order valence-corrected chi connectivity index (χ2v) is 4.88. The van der Waals surface area contributed by atoms with Crippen molar-refractivity contribution in [2.45, 2.75) is 26.8 Å². The molecule has 2 rings (SSSR count). The normalized spacial score (nSPS) is 12.3. The summed E-state index contributed by atoms with van der Waals surface area (Å²) in [4.78, 5) is 4.38. The lowest BCUT2D eigenvalue weighted by Gasteiger charge is -2.19. The van der Waals surface area contributed by atoms with Gasteiger partial charge in [0.05, 0.1) is 13.2 Å². The van der Waals surface area contributed by atoms with Crippen molar-refractivity contribution >= 4 is 0 Å². The second-order valence-electron chi connectivity index (χ2n) is 4.88. The van der Waals surface area contributed by atoms with Crippen LogP contribution in [-0.4, -0.2) is 12.1 Å². The first-order valence-electron chi connectivity index (χ1n) is 6.36. The van der Waals surface area contributed by atoms with E-state index in [4.69, 9.17) is 10.5 Å². The maximum atomic E-state index is 6.40. The molecule has 0 saturated heterocycles. The highest BCUT2D eigenvalue weighted by Gasteiger charge is 2.19. The molecule has 0 saturated carbocycles. The highest BCUT2D eigenvalue weighted by atomic mass is 16.5. The molecule has 0 radical (unpaired) electrons. The molecular weight excluding hydrogens is 236 g/mol. The van der Waals surface area contributed by atoms with E-state index in [1.165, 1.54) is 16.7 Å². The summed E-state index contributed by atoms with van der Waals surface area (Å²) in [5.41, 5.74) is 11.9. The zero-order valence-electron chi connectivity index (χ0n) is 11.9. The summed E-state index contributed by atoms with van der Waals surface area (Å²) in [5, 5.41) is 0. The Hall–Kier alpha value is -1.87. The number of methoxy groups -OCH3 is 1. The molecule has 1 aromatic carbocycles. The molecule has 1 unspecified atom stereocenters. The average molecular weight is 256 g/mol. The Morgan fingerprint density at radius 2 is 1.79 bits per heavy atom. The van der Waals surface area contributed by atoms with Gasteiger partial charge in [-0.3, -0.25) is 4.98 Å². The maximum Gasteiger partial charge on any atom is 0.142 e. The summed E-state index contributed by atoms with van der Waals surface area (Å²) >= 11 is 0. The number of benzene rings is 1. The molecule has 2 aromatic rings. The number of nitrogens with two attached hydrogens (primary N) is 1. The standard InChI is InChI=1S/C16H20N2O/c1-10-8-11(2)14(12(3)9-10)15(17)16-13(19-4)6-5-7-18-16/h5-9,15H,17H2,1-4H3. The second kappa shape index (κ2) is 5.41. The van der Waals surface area contributed by atoms with Crippen molar-refractivity contribution in [2.75, 3.05) is 7.11 Å². The minimum atomic E-state index is -0.267. The van der Waals surface area contributed by atoms with Crippen LogP contribution in [0.5, 0.6) is 5.75 Å². The third-order valence-electron chi connectivity index (χ3n) is 3.36. The highest BCUT2D eigenvalue weighted by Crippen LogP contribution is 2.30. The lowest BCUT2D eigenvalue weighted by Crippen LogP contribution is -2.17. The van der Waals surface area contributed by atoms with Crippen molar-refractivity contribution in [3.63, 3.8) is 0 Å². The van der Waals surface area contributed by atoms with Gasteiger partial charge in [0.15, 0.2) is 0 Å². The molecular formula is C16H20N2O. The van der Waals surface area contributed by atoms with Gasteiger partial charge < -0.3 is 10.5 Å². The molecule has 0 bridgehead atoms. The van der Waals surface area contributed by atoms with Gasteiger partial charge in [-0.05, 0) is 49.6 Å². The van der Waals surface area contributed by atoms with Gasteiger partial charge in [0, 0.05) is 6.20 Å². The van der Waals surface area contributed by atoms with Crippen molar-refractivity contribution in [3.05, 3.63) is 58.4 Å². The molecule has 1 aromatic heterocycles. The summed E-state index contributed by atoms with van der Waals surface area (Å²) in [6.45, 7) is 6.27. The van der Waals surface area contributed by atoms with Gasteiger partial charge in [0.2, 0.25) is 0 Å². The summed E-state index contributed by atoms with van der Waals surface area (Å²) in [5.74, 6) is 0.731. The summed E-state index contributed by atoms with van der Waals surface area (Å²) in [6.07, 6.45) is 1.75. The topological polar surface area (TPSA) is 48.1 Å². The fraction of sp³-hybridized carbons (Fsp3) is 0.312. The first kappa shape index (κ1) is 13.6. The zero-order chi connectivity index (χ0) is 14.0. The molecule has 0 spiro atoms. The Kier molecular flexibility index (Phi) is 3.86. The number of hydrogen-bond acceptors (Lipinski definition) is 3. The fourth-order valence-electron chi connectivity index (χ4n) is 2.63. The van der Waals surface area contributed by atoms with Crippen LogP contribution >= 0.6 is 0 Å². The van der Waals surface area contributed by atoms with Crippen molar-refractivity contribution < 1.29 is 4.74 Å². The minimum absolute atomic E-state index is 0.267. The van der Waals surface area contributed by atoms with E-state index in [0.29, 0.717) is 0 Å². The minimum Gasteiger partial charge on any atom is -0.495 e. The van der Waals surface area contributed by atoms with Crippen LogP contribution in [0.4, 0.5) is 0 Å². The van der Waals surface area contributed by atoms with Gasteiger partial charge in [-0.15, -0.1) is 0 Å². The third-order valence-corrected chi connectivity index (χ3v) is 3.36. The van der Waals surface area contributed by atoms with Crippen LogP contribution in [0.1, 0.15) is 34.0 Å². The SMILES string of the molecule is COc1cccnc1C(N)c1c(C)cc(C)cc1C. The zero-order valence-corrected chi connectivity index (χ0v) is 11.9. The highest BCUT2D eigenvalue weighted by molar-refractivity contribution is 5.45. The quantitative estimate of drug-likeness (QED) is 0.918. The van der Waals surface area contributed by atoms with E-state index < -0.39 is 0 Å². The molecule has 2 N–H and O–H groups in total. The predicted octanol–water partition coefficient (Wildman–Crippen LogP) is 3.06. The Balaban J connectivity index is 2.53. The first-order chi connectivity index (χ1) is 9.04. The van der Waals surface area contributed by atoms with E-state index in [2.05, 4.69) is 37.9 Å². The molecule has 3 nitrogen and oxygen atoms in total. The van der Waals surface area contributed by atoms with Gasteiger partial charge in [-0.1, -0.05) is 17.7 Å². The van der Waals surface area contributed by atoms with Gasteiger partial charge in [0.1, 0.15) is 11.4 Å². The number of aromatic nitrogens is 1. The Labute approximate surface area is 114 Å². The number of ether oxygens (including phenoxy) is 1. The van der Waals surface area contributed by atoms with Gasteiger partial charge in [-0.2, -0.15) is 0 Å². The van der Waals surface area contributed by atoms with E-state index in [0.717, 1.165) is 17.0 Å². The lowest BCUT2D eigenvalue weighted by molar-refractivity contribution is 0.404. The van der Waals surface area contributed by atoms with Crippen LogP contribution in [-0.2, 0) is 0 Å². The van der Waals surface area contributed by atoms with Crippen molar-refractivity contribution in [3.8, 4) is 5.75 Å².